The molecule has 5 nitrogen and oxygen atoms in total. The minimum absolute atomic E-state index is 0.286. The van der Waals surface area contributed by atoms with Crippen LogP contribution in [0, 0.1) is 0 Å². The summed E-state index contributed by atoms with van der Waals surface area (Å²) >= 11 is 7.41. The van der Waals surface area contributed by atoms with Crippen molar-refractivity contribution < 1.29 is 9.90 Å². The highest BCUT2D eigenvalue weighted by atomic mass is 35.5. The van der Waals surface area contributed by atoms with Crippen LogP contribution in [0.25, 0.3) is 21.6 Å². The summed E-state index contributed by atoms with van der Waals surface area (Å²) in [7, 11) is 0. The minimum Gasteiger partial charge on any atom is -0.480 e. The minimum atomic E-state index is -1.05. The summed E-state index contributed by atoms with van der Waals surface area (Å²) < 4.78 is 1.29. The fraction of sp³-hybridized carbons (Fsp3) is 0.278. The van der Waals surface area contributed by atoms with E-state index in [0.717, 1.165) is 11.3 Å². The SMILES string of the molecule is CCc1cc2c(=O)n(C(CC)C(=O)O)c(-c3ccc(Cl)cc3)nc2s1. The highest BCUT2D eigenvalue weighted by Gasteiger charge is 2.25. The Morgan fingerprint density at radius 1 is 1.32 bits per heavy atom. The van der Waals surface area contributed by atoms with Gasteiger partial charge in [0.1, 0.15) is 16.7 Å². The summed E-state index contributed by atoms with van der Waals surface area (Å²) in [5.74, 6) is -0.695. The zero-order valence-corrected chi connectivity index (χ0v) is 15.4. The average molecular weight is 377 g/mol. The van der Waals surface area contributed by atoms with Crippen molar-refractivity contribution in [2.75, 3.05) is 0 Å². The van der Waals surface area contributed by atoms with Crippen molar-refractivity contribution in [3.63, 3.8) is 0 Å². The van der Waals surface area contributed by atoms with Gasteiger partial charge in [0.2, 0.25) is 0 Å². The van der Waals surface area contributed by atoms with Crippen LogP contribution in [0.4, 0.5) is 0 Å². The predicted octanol–water partition coefficient (Wildman–Crippen LogP) is 4.38. The topological polar surface area (TPSA) is 72.2 Å². The van der Waals surface area contributed by atoms with Crippen LogP contribution >= 0.6 is 22.9 Å². The van der Waals surface area contributed by atoms with Gasteiger partial charge in [-0.1, -0.05) is 25.4 Å². The maximum atomic E-state index is 13.1. The number of carbonyl (C=O) groups is 1. The van der Waals surface area contributed by atoms with Gasteiger partial charge in [0, 0.05) is 15.5 Å². The molecule has 0 radical (unpaired) electrons. The molecule has 0 saturated carbocycles. The molecular formula is C18H17ClN2O3S. The maximum absolute atomic E-state index is 13.1. The maximum Gasteiger partial charge on any atom is 0.326 e. The van der Waals surface area contributed by atoms with Crippen LogP contribution in [0.1, 0.15) is 31.2 Å². The van der Waals surface area contributed by atoms with Gasteiger partial charge in [-0.05, 0) is 43.2 Å². The van der Waals surface area contributed by atoms with E-state index in [2.05, 4.69) is 4.98 Å². The second-order valence-corrected chi connectivity index (χ2v) is 7.22. The van der Waals surface area contributed by atoms with Gasteiger partial charge in [-0.3, -0.25) is 9.36 Å². The summed E-state index contributed by atoms with van der Waals surface area (Å²) in [5.41, 5.74) is 0.342. The van der Waals surface area contributed by atoms with E-state index in [1.54, 1.807) is 31.2 Å². The van der Waals surface area contributed by atoms with Crippen molar-refractivity contribution in [3.8, 4) is 11.4 Å². The first-order chi connectivity index (χ1) is 12.0. The standard InChI is InChI=1S/C18H17ClN2O3S/c1-3-12-9-13-16(25-12)20-15(10-5-7-11(19)8-6-10)21(17(13)22)14(4-2)18(23)24/h5-9,14H,3-4H2,1-2H3,(H,23,24). The van der Waals surface area contributed by atoms with Gasteiger partial charge in [-0.25, -0.2) is 9.78 Å². The Morgan fingerprint density at radius 2 is 2.00 bits per heavy atom. The van der Waals surface area contributed by atoms with Crippen LogP contribution in [0.3, 0.4) is 0 Å². The van der Waals surface area contributed by atoms with Crippen LogP contribution in [-0.4, -0.2) is 20.6 Å². The summed E-state index contributed by atoms with van der Waals surface area (Å²) in [4.78, 5) is 31.1. The van der Waals surface area contributed by atoms with E-state index in [-0.39, 0.29) is 12.0 Å². The van der Waals surface area contributed by atoms with Gasteiger partial charge in [-0.2, -0.15) is 0 Å². The molecule has 130 valence electrons. The van der Waals surface area contributed by atoms with E-state index in [1.807, 2.05) is 13.0 Å². The number of carboxylic acid groups (broad SMARTS) is 1. The molecule has 0 bridgehead atoms. The quantitative estimate of drug-likeness (QED) is 0.717. The summed E-state index contributed by atoms with van der Waals surface area (Å²) in [6.07, 6.45) is 1.08. The van der Waals surface area contributed by atoms with Crippen molar-refractivity contribution in [2.45, 2.75) is 32.7 Å². The highest BCUT2D eigenvalue weighted by molar-refractivity contribution is 7.18. The van der Waals surface area contributed by atoms with Gasteiger partial charge < -0.3 is 5.11 Å². The van der Waals surface area contributed by atoms with Crippen LogP contribution in [-0.2, 0) is 11.2 Å². The third-order valence-corrected chi connectivity index (χ3v) is 5.51. The third kappa shape index (κ3) is 3.19. The monoisotopic (exact) mass is 376 g/mol. The van der Waals surface area contributed by atoms with E-state index < -0.39 is 12.0 Å². The molecule has 1 atom stereocenters. The van der Waals surface area contributed by atoms with Gasteiger partial charge in [0.05, 0.1) is 5.39 Å². The lowest BCUT2D eigenvalue weighted by molar-refractivity contribution is -0.141. The first-order valence-corrected chi connectivity index (χ1v) is 9.19. The summed E-state index contributed by atoms with van der Waals surface area (Å²) in [5, 5.41) is 10.6. The molecule has 0 aliphatic rings. The molecule has 2 aromatic heterocycles. The Labute approximate surface area is 153 Å². The lowest BCUT2D eigenvalue weighted by atomic mass is 10.1. The highest BCUT2D eigenvalue weighted by Crippen LogP contribution is 2.28. The van der Waals surface area contributed by atoms with Crippen molar-refractivity contribution in [1.29, 1.82) is 0 Å². The average Bonchev–Trinajstić information content (AvgIpc) is 3.01. The van der Waals surface area contributed by atoms with Crippen LogP contribution < -0.4 is 5.56 Å². The molecule has 2 heterocycles. The molecule has 0 spiro atoms. The Balaban J connectivity index is 2.37. The van der Waals surface area contributed by atoms with Crippen molar-refractivity contribution in [2.24, 2.45) is 0 Å². The summed E-state index contributed by atoms with van der Waals surface area (Å²) in [6.45, 7) is 3.75. The first kappa shape index (κ1) is 17.6. The molecule has 3 rings (SSSR count). The van der Waals surface area contributed by atoms with E-state index in [0.29, 0.717) is 26.6 Å². The lowest BCUT2D eigenvalue weighted by Crippen LogP contribution is -2.31. The van der Waals surface area contributed by atoms with E-state index >= 15 is 0 Å². The second kappa shape index (κ2) is 6.98. The van der Waals surface area contributed by atoms with Gasteiger partial charge >= 0.3 is 5.97 Å². The molecule has 0 saturated heterocycles. The van der Waals surface area contributed by atoms with Crippen molar-refractivity contribution >= 4 is 39.1 Å². The number of thiophene rings is 1. The number of fused-ring (bicyclic) bond motifs is 1. The number of aliphatic carboxylic acids is 1. The van der Waals surface area contributed by atoms with Crippen molar-refractivity contribution in [1.82, 2.24) is 9.55 Å². The number of rotatable bonds is 5. The lowest BCUT2D eigenvalue weighted by Gasteiger charge is -2.18. The number of carboxylic acids is 1. The predicted molar refractivity (Wildman–Crippen MR) is 101 cm³/mol. The van der Waals surface area contributed by atoms with E-state index in [9.17, 15) is 14.7 Å². The third-order valence-electron chi connectivity index (χ3n) is 4.08. The Hall–Kier alpha value is -2.18. The van der Waals surface area contributed by atoms with E-state index in [4.69, 9.17) is 11.6 Å². The summed E-state index contributed by atoms with van der Waals surface area (Å²) in [6, 6.07) is 7.73. The first-order valence-electron chi connectivity index (χ1n) is 8.00. The van der Waals surface area contributed by atoms with Crippen LogP contribution in [0.15, 0.2) is 35.1 Å². The molecule has 0 aliphatic heterocycles. The number of nitrogens with zero attached hydrogens (tertiary/aromatic N) is 2. The van der Waals surface area contributed by atoms with Gasteiger partial charge in [0.15, 0.2) is 0 Å². The zero-order chi connectivity index (χ0) is 18.1. The van der Waals surface area contributed by atoms with Gasteiger partial charge in [0.25, 0.3) is 5.56 Å². The van der Waals surface area contributed by atoms with Crippen LogP contribution in [0.2, 0.25) is 5.02 Å². The number of aryl methyl sites for hydroxylation is 1. The molecule has 1 aromatic carbocycles. The molecule has 0 amide bonds. The number of benzene rings is 1. The smallest absolute Gasteiger partial charge is 0.326 e. The molecule has 1 unspecified atom stereocenters. The van der Waals surface area contributed by atoms with Gasteiger partial charge in [-0.15, -0.1) is 11.3 Å². The Morgan fingerprint density at radius 3 is 2.56 bits per heavy atom. The number of aromatic nitrogens is 2. The number of hydrogen-bond acceptors (Lipinski definition) is 4. The second-order valence-electron chi connectivity index (χ2n) is 5.66. The fourth-order valence-electron chi connectivity index (χ4n) is 2.78. The van der Waals surface area contributed by atoms with Crippen molar-refractivity contribution in [3.05, 3.63) is 50.6 Å². The molecule has 3 aromatic rings. The molecule has 7 heteroatoms. The largest absolute Gasteiger partial charge is 0.480 e. The van der Waals surface area contributed by atoms with E-state index in [1.165, 1.54) is 15.9 Å². The zero-order valence-electron chi connectivity index (χ0n) is 13.8. The fourth-order valence-corrected chi connectivity index (χ4v) is 3.86. The van der Waals surface area contributed by atoms with Crippen LogP contribution in [0.5, 0.6) is 0 Å². The Kier molecular flexibility index (Phi) is 4.92. The molecule has 0 aliphatic carbocycles. The molecule has 1 N–H and O–H groups in total. The molecular weight excluding hydrogens is 360 g/mol. The number of hydrogen-bond donors (Lipinski definition) is 1. The normalized spacial score (nSPS) is 12.4. The molecule has 0 fully saturated rings. The number of halogens is 1. The Bertz CT molecular complexity index is 992. The molecule has 25 heavy (non-hydrogen) atoms.